The maximum Gasteiger partial charge on any atom is 0.213 e. The summed E-state index contributed by atoms with van der Waals surface area (Å²) in [6, 6.07) is 1.08. The normalized spacial score (nSPS) is 11.3. The number of carbonyl (C=O) groups is 1. The van der Waals surface area contributed by atoms with E-state index in [1.807, 2.05) is 0 Å². The molecule has 0 radical (unpaired) electrons. The minimum Gasteiger partial charge on any atom is -0.481 e. The molecule has 0 aliphatic heterocycles. The molecule has 0 amide bonds. The molecule has 0 unspecified atom stereocenters. The summed E-state index contributed by atoms with van der Waals surface area (Å²) in [5.74, 6) is -1.71. The van der Waals surface area contributed by atoms with E-state index in [0.717, 1.165) is 26.1 Å². The number of rotatable bonds is 3. The van der Waals surface area contributed by atoms with E-state index in [1.165, 1.54) is 7.11 Å². The number of aromatic nitrogens is 1. The second kappa shape index (κ2) is 3.92. The van der Waals surface area contributed by atoms with Crippen LogP contribution in [0, 0.1) is 5.82 Å². The molecule has 0 aromatic carbocycles. The molecule has 1 aromatic heterocycles. The van der Waals surface area contributed by atoms with E-state index >= 15 is 0 Å². The molecule has 0 bridgehead atoms. The molecule has 0 fully saturated rings. The van der Waals surface area contributed by atoms with Crippen LogP contribution in [0.25, 0.3) is 0 Å². The van der Waals surface area contributed by atoms with Gasteiger partial charge < -0.3 is 4.74 Å². The van der Waals surface area contributed by atoms with Gasteiger partial charge in [-0.3, -0.25) is 4.79 Å². The van der Waals surface area contributed by atoms with Crippen LogP contribution in [-0.2, 0) is 0 Å². The van der Waals surface area contributed by atoms with Crippen LogP contribution in [0.1, 0.15) is 24.2 Å². The quantitative estimate of drug-likeness (QED) is 0.725. The first kappa shape index (κ1) is 11.6. The molecule has 0 N–H and O–H groups in total. The minimum atomic E-state index is -2.12. The second-order valence-electron chi connectivity index (χ2n) is 3.51. The summed E-state index contributed by atoms with van der Waals surface area (Å²) in [6.07, 6.45) is 0.831. The van der Waals surface area contributed by atoms with Crippen molar-refractivity contribution >= 4 is 5.78 Å². The number of hydrogen-bond donors (Lipinski definition) is 0. The molecule has 0 aliphatic rings. The molecule has 0 saturated heterocycles. The summed E-state index contributed by atoms with van der Waals surface area (Å²) in [6.45, 7) is 2.14. The highest BCUT2D eigenvalue weighted by Crippen LogP contribution is 2.21. The summed E-state index contributed by atoms with van der Waals surface area (Å²) >= 11 is 0. The van der Waals surface area contributed by atoms with Gasteiger partial charge in [-0.15, -0.1) is 0 Å². The Hall–Kier alpha value is -1.52. The number of ketones is 1. The minimum absolute atomic E-state index is 0.0731. The van der Waals surface area contributed by atoms with Gasteiger partial charge in [-0.1, -0.05) is 0 Å². The number of hydrogen-bond acceptors (Lipinski definition) is 3. The second-order valence-corrected chi connectivity index (χ2v) is 3.51. The Morgan fingerprint density at radius 3 is 2.60 bits per heavy atom. The average molecular weight is 215 g/mol. The predicted octanol–water partition coefficient (Wildman–Crippen LogP) is 2.16. The average Bonchev–Trinajstić information content (AvgIpc) is 2.16. The molecule has 1 aromatic rings. The van der Waals surface area contributed by atoms with Crippen molar-refractivity contribution < 1.29 is 18.3 Å². The zero-order valence-corrected chi connectivity index (χ0v) is 8.67. The van der Waals surface area contributed by atoms with Crippen LogP contribution >= 0.6 is 0 Å². The van der Waals surface area contributed by atoms with E-state index in [2.05, 4.69) is 4.98 Å². The van der Waals surface area contributed by atoms with E-state index < -0.39 is 17.3 Å². The maximum absolute atomic E-state index is 13.3. The van der Waals surface area contributed by atoms with E-state index in [9.17, 15) is 13.6 Å². The number of ether oxygens (including phenoxy) is 1. The third-order valence-corrected chi connectivity index (χ3v) is 1.82. The monoisotopic (exact) mass is 215 g/mol. The predicted molar refractivity (Wildman–Crippen MR) is 50.3 cm³/mol. The standard InChI is InChI=1S/C10H11F2NO2/c1-10(2,12)9(14)6-4-8(15-3)13-5-7(6)11/h4-5H,1-3H3. The van der Waals surface area contributed by atoms with Crippen molar-refractivity contribution in [2.24, 2.45) is 0 Å². The van der Waals surface area contributed by atoms with Crippen LogP contribution in [0.4, 0.5) is 8.78 Å². The number of nitrogens with zero attached hydrogens (tertiary/aromatic N) is 1. The van der Waals surface area contributed by atoms with Crippen molar-refractivity contribution in [2.45, 2.75) is 19.5 Å². The van der Waals surface area contributed by atoms with E-state index in [4.69, 9.17) is 4.74 Å². The van der Waals surface area contributed by atoms with Crippen LogP contribution in [-0.4, -0.2) is 23.5 Å². The Morgan fingerprint density at radius 1 is 1.53 bits per heavy atom. The Kier molecular flexibility index (Phi) is 3.02. The van der Waals surface area contributed by atoms with Crippen molar-refractivity contribution in [3.63, 3.8) is 0 Å². The molecule has 1 rings (SSSR count). The zero-order chi connectivity index (χ0) is 11.6. The molecule has 82 valence electrons. The number of Topliss-reactive ketones (excluding diaryl/α,β-unsaturated/α-hetero) is 1. The van der Waals surface area contributed by atoms with Gasteiger partial charge in [0.2, 0.25) is 11.7 Å². The van der Waals surface area contributed by atoms with Gasteiger partial charge in [0, 0.05) is 6.07 Å². The van der Waals surface area contributed by atoms with Gasteiger partial charge in [-0.25, -0.2) is 13.8 Å². The third-order valence-electron chi connectivity index (χ3n) is 1.82. The highest BCUT2D eigenvalue weighted by atomic mass is 19.1. The largest absolute Gasteiger partial charge is 0.481 e. The Bertz CT molecular complexity index is 385. The van der Waals surface area contributed by atoms with Gasteiger partial charge in [-0.05, 0) is 13.8 Å². The van der Waals surface area contributed by atoms with Gasteiger partial charge >= 0.3 is 0 Å². The molecular formula is C10H11F2NO2. The number of alkyl halides is 1. The van der Waals surface area contributed by atoms with Crippen molar-refractivity contribution in [3.05, 3.63) is 23.6 Å². The number of pyridine rings is 1. The van der Waals surface area contributed by atoms with Gasteiger partial charge in [0.1, 0.15) is 0 Å². The van der Waals surface area contributed by atoms with Crippen LogP contribution in [0.5, 0.6) is 5.88 Å². The fourth-order valence-electron chi connectivity index (χ4n) is 1.03. The lowest BCUT2D eigenvalue weighted by Crippen LogP contribution is -2.27. The molecule has 0 atom stereocenters. The van der Waals surface area contributed by atoms with Crippen LogP contribution in [0.15, 0.2) is 12.3 Å². The van der Waals surface area contributed by atoms with Crippen LogP contribution in [0.3, 0.4) is 0 Å². The highest BCUT2D eigenvalue weighted by Gasteiger charge is 2.30. The summed E-state index contributed by atoms with van der Waals surface area (Å²) in [5, 5.41) is 0. The highest BCUT2D eigenvalue weighted by molar-refractivity contribution is 6.02. The van der Waals surface area contributed by atoms with Gasteiger partial charge in [0.05, 0.1) is 18.9 Å². The SMILES string of the molecule is COc1cc(C(=O)C(C)(C)F)c(F)cn1. The first-order chi connectivity index (χ1) is 6.86. The fraction of sp³-hybridized carbons (Fsp3) is 0.400. The molecule has 15 heavy (non-hydrogen) atoms. The van der Waals surface area contributed by atoms with Crippen molar-refractivity contribution in [2.75, 3.05) is 7.11 Å². The smallest absolute Gasteiger partial charge is 0.213 e. The van der Waals surface area contributed by atoms with Crippen LogP contribution in [0.2, 0.25) is 0 Å². The zero-order valence-electron chi connectivity index (χ0n) is 8.67. The maximum atomic E-state index is 13.3. The Labute approximate surface area is 86.1 Å². The first-order valence-electron chi connectivity index (χ1n) is 4.29. The third kappa shape index (κ3) is 2.49. The molecule has 3 nitrogen and oxygen atoms in total. The van der Waals surface area contributed by atoms with Gasteiger partial charge in [-0.2, -0.15) is 0 Å². The molecule has 1 heterocycles. The molecule has 5 heteroatoms. The van der Waals surface area contributed by atoms with E-state index in [0.29, 0.717) is 0 Å². The molecule has 0 spiro atoms. The summed E-state index contributed by atoms with van der Waals surface area (Å²) in [4.78, 5) is 15.0. The molecule has 0 saturated carbocycles. The van der Waals surface area contributed by atoms with Crippen molar-refractivity contribution in [3.8, 4) is 5.88 Å². The first-order valence-corrected chi connectivity index (χ1v) is 4.29. The Morgan fingerprint density at radius 2 is 2.13 bits per heavy atom. The number of carbonyl (C=O) groups excluding carboxylic acids is 1. The lowest BCUT2D eigenvalue weighted by molar-refractivity contribution is 0.0755. The Balaban J connectivity index is 3.19. The van der Waals surface area contributed by atoms with Crippen molar-refractivity contribution in [1.29, 1.82) is 0 Å². The molecular weight excluding hydrogens is 204 g/mol. The lowest BCUT2D eigenvalue weighted by atomic mass is 9.99. The summed E-state index contributed by atoms with van der Waals surface area (Å²) in [5.41, 5.74) is -2.47. The van der Waals surface area contributed by atoms with E-state index in [1.54, 1.807) is 0 Å². The topological polar surface area (TPSA) is 39.2 Å². The van der Waals surface area contributed by atoms with Crippen molar-refractivity contribution in [1.82, 2.24) is 4.98 Å². The lowest BCUT2D eigenvalue weighted by Gasteiger charge is -2.13. The fourth-order valence-corrected chi connectivity index (χ4v) is 1.03. The van der Waals surface area contributed by atoms with Crippen LogP contribution < -0.4 is 4.74 Å². The molecule has 0 aliphatic carbocycles. The van der Waals surface area contributed by atoms with E-state index in [-0.39, 0.29) is 11.4 Å². The van der Waals surface area contributed by atoms with Gasteiger partial charge in [0.15, 0.2) is 11.5 Å². The summed E-state index contributed by atoms with van der Waals surface area (Å²) in [7, 11) is 1.33. The number of methoxy groups -OCH3 is 1. The summed E-state index contributed by atoms with van der Waals surface area (Å²) < 4.78 is 31.2. The number of halogens is 2. The van der Waals surface area contributed by atoms with Gasteiger partial charge in [0.25, 0.3) is 0 Å².